The monoisotopic (exact) mass is 500 g/mol. The average Bonchev–Trinajstić information content (AvgIpc) is 3.56. The average molecular weight is 501 g/mol. The Balaban J connectivity index is 1.10. The highest BCUT2D eigenvalue weighted by Gasteiger charge is 2.28. The van der Waals surface area contributed by atoms with Gasteiger partial charge < -0.3 is 20.5 Å². The molecule has 0 saturated heterocycles. The molecule has 2 aromatic carbocycles. The lowest BCUT2D eigenvalue weighted by Crippen LogP contribution is -2.26. The van der Waals surface area contributed by atoms with Crippen molar-refractivity contribution in [2.45, 2.75) is 38.1 Å². The predicted octanol–water partition coefficient (Wildman–Crippen LogP) is 5.43. The van der Waals surface area contributed by atoms with Gasteiger partial charge in [-0.15, -0.1) is 0 Å². The van der Waals surface area contributed by atoms with Gasteiger partial charge in [-0.3, -0.25) is 0 Å². The fourth-order valence-corrected chi connectivity index (χ4v) is 5.53. The summed E-state index contributed by atoms with van der Waals surface area (Å²) in [6.45, 7) is 4.00. The van der Waals surface area contributed by atoms with Crippen molar-refractivity contribution in [3.05, 3.63) is 78.5 Å². The fourth-order valence-electron chi connectivity index (χ4n) is 5.53. The van der Waals surface area contributed by atoms with Crippen LogP contribution >= 0.6 is 0 Å². The van der Waals surface area contributed by atoms with Crippen molar-refractivity contribution in [3.8, 4) is 11.1 Å². The Hall–Kier alpha value is -3.29. The minimum atomic E-state index is -0.174. The van der Waals surface area contributed by atoms with E-state index in [0.29, 0.717) is 12.0 Å². The Morgan fingerprint density at radius 3 is 2.57 bits per heavy atom. The Labute approximate surface area is 218 Å². The second-order valence-corrected chi connectivity index (χ2v) is 10.0. The lowest BCUT2D eigenvalue weighted by molar-refractivity contribution is 0.452. The summed E-state index contributed by atoms with van der Waals surface area (Å²) in [5.74, 6) is 1.39. The van der Waals surface area contributed by atoms with Gasteiger partial charge in [-0.2, -0.15) is 0 Å². The van der Waals surface area contributed by atoms with Gasteiger partial charge in [0, 0.05) is 24.8 Å². The van der Waals surface area contributed by atoms with Crippen molar-refractivity contribution in [1.29, 1.82) is 0 Å². The number of rotatable bonds is 12. The van der Waals surface area contributed by atoms with Gasteiger partial charge in [-0.05, 0) is 87.5 Å². The summed E-state index contributed by atoms with van der Waals surface area (Å²) in [7, 11) is 1.92. The van der Waals surface area contributed by atoms with Crippen LogP contribution in [-0.2, 0) is 6.42 Å². The Bertz CT molecular complexity index is 1270. The van der Waals surface area contributed by atoms with Gasteiger partial charge in [0.1, 0.15) is 23.6 Å². The zero-order chi connectivity index (χ0) is 25.5. The van der Waals surface area contributed by atoms with Crippen LogP contribution in [0.5, 0.6) is 0 Å². The molecule has 2 atom stereocenters. The SMILES string of the molecule is CNc1ncnc2c1c(-c1ccccc1)cn2C1CCC(CNCCCNCCc2ccc(F)cc2)C1. The summed E-state index contributed by atoms with van der Waals surface area (Å²) in [5, 5.41) is 11.5. The Morgan fingerprint density at radius 1 is 0.946 bits per heavy atom. The maximum Gasteiger partial charge on any atom is 0.146 e. The van der Waals surface area contributed by atoms with E-state index < -0.39 is 0 Å². The molecule has 6 nitrogen and oxygen atoms in total. The molecule has 37 heavy (non-hydrogen) atoms. The van der Waals surface area contributed by atoms with Gasteiger partial charge in [0.05, 0.1) is 5.39 Å². The molecule has 1 fully saturated rings. The number of fused-ring (bicyclic) bond motifs is 1. The topological polar surface area (TPSA) is 66.8 Å². The lowest BCUT2D eigenvalue weighted by Gasteiger charge is -2.15. The molecule has 7 heteroatoms. The first-order valence-electron chi connectivity index (χ1n) is 13.5. The molecule has 0 aliphatic heterocycles. The molecular weight excluding hydrogens is 463 g/mol. The molecule has 0 bridgehead atoms. The van der Waals surface area contributed by atoms with Gasteiger partial charge in [0.25, 0.3) is 0 Å². The standard InChI is InChI=1S/C30H37FN6/c1-32-29-28-27(24-6-3-2-4-7-24)20-37(30(28)36-21-35-29)26-13-10-23(18-26)19-34-16-5-15-33-17-14-22-8-11-25(31)12-9-22/h2-4,6-9,11-12,20-21,23,26,33-34H,5,10,13-19H2,1H3,(H,32,35,36). The van der Waals surface area contributed by atoms with E-state index in [-0.39, 0.29) is 5.82 Å². The molecular formula is C30H37FN6. The van der Waals surface area contributed by atoms with Gasteiger partial charge in [-0.25, -0.2) is 14.4 Å². The minimum Gasteiger partial charge on any atom is -0.372 e. The Morgan fingerprint density at radius 2 is 1.76 bits per heavy atom. The number of nitrogens with one attached hydrogen (secondary N) is 3. The largest absolute Gasteiger partial charge is 0.372 e. The molecule has 3 N–H and O–H groups in total. The highest BCUT2D eigenvalue weighted by molar-refractivity contribution is 6.01. The maximum absolute atomic E-state index is 13.0. The first-order chi connectivity index (χ1) is 18.2. The number of anilines is 1. The molecule has 4 aromatic rings. The van der Waals surface area contributed by atoms with E-state index in [0.717, 1.165) is 55.9 Å². The van der Waals surface area contributed by atoms with E-state index >= 15 is 0 Å². The van der Waals surface area contributed by atoms with Crippen LogP contribution < -0.4 is 16.0 Å². The third kappa shape index (κ3) is 6.17. The van der Waals surface area contributed by atoms with Crippen molar-refractivity contribution in [3.63, 3.8) is 0 Å². The molecule has 194 valence electrons. The molecule has 1 saturated carbocycles. The zero-order valence-corrected chi connectivity index (χ0v) is 21.6. The summed E-state index contributed by atoms with van der Waals surface area (Å²) in [6, 6.07) is 17.8. The van der Waals surface area contributed by atoms with Crippen molar-refractivity contribution < 1.29 is 4.39 Å². The molecule has 0 amide bonds. The lowest BCUT2D eigenvalue weighted by atomic mass is 10.1. The van der Waals surface area contributed by atoms with Crippen molar-refractivity contribution in [2.75, 3.05) is 38.5 Å². The first-order valence-corrected chi connectivity index (χ1v) is 13.5. The van der Waals surface area contributed by atoms with Gasteiger partial charge in [0.2, 0.25) is 0 Å². The van der Waals surface area contributed by atoms with Gasteiger partial charge in [-0.1, -0.05) is 42.5 Å². The molecule has 5 rings (SSSR count). The van der Waals surface area contributed by atoms with Crippen LogP contribution in [0, 0.1) is 11.7 Å². The van der Waals surface area contributed by atoms with E-state index in [2.05, 4.69) is 62.0 Å². The highest BCUT2D eigenvalue weighted by Crippen LogP contribution is 2.40. The van der Waals surface area contributed by atoms with Crippen LogP contribution in [-0.4, -0.2) is 47.8 Å². The number of halogens is 1. The molecule has 0 spiro atoms. The molecule has 1 aliphatic carbocycles. The molecule has 1 aliphatic rings. The van der Waals surface area contributed by atoms with Crippen molar-refractivity contribution in [1.82, 2.24) is 25.2 Å². The number of aromatic nitrogens is 3. The summed E-state index contributed by atoms with van der Waals surface area (Å²) in [5.41, 5.74) is 4.57. The van der Waals surface area contributed by atoms with E-state index in [1.54, 1.807) is 6.33 Å². The third-order valence-corrected chi connectivity index (χ3v) is 7.48. The predicted molar refractivity (Wildman–Crippen MR) is 149 cm³/mol. The van der Waals surface area contributed by atoms with Crippen LogP contribution in [0.15, 0.2) is 67.1 Å². The summed E-state index contributed by atoms with van der Waals surface area (Å²) < 4.78 is 15.4. The molecule has 2 heterocycles. The number of benzene rings is 2. The maximum atomic E-state index is 13.0. The van der Waals surface area contributed by atoms with Crippen molar-refractivity contribution >= 4 is 16.9 Å². The molecule has 2 aromatic heterocycles. The fraction of sp³-hybridized carbons (Fsp3) is 0.400. The molecule has 2 unspecified atom stereocenters. The van der Waals surface area contributed by atoms with Gasteiger partial charge >= 0.3 is 0 Å². The van der Waals surface area contributed by atoms with E-state index in [1.807, 2.05) is 19.2 Å². The Kier molecular flexibility index (Phi) is 8.43. The van der Waals surface area contributed by atoms with E-state index in [4.69, 9.17) is 4.98 Å². The second-order valence-electron chi connectivity index (χ2n) is 10.0. The number of hydrogen-bond donors (Lipinski definition) is 3. The van der Waals surface area contributed by atoms with Gasteiger partial charge in [0.15, 0.2) is 0 Å². The second kappa shape index (κ2) is 12.3. The highest BCUT2D eigenvalue weighted by atomic mass is 19.1. The quantitative estimate of drug-likeness (QED) is 0.226. The number of hydrogen-bond acceptors (Lipinski definition) is 5. The zero-order valence-electron chi connectivity index (χ0n) is 21.6. The first kappa shape index (κ1) is 25.4. The summed E-state index contributed by atoms with van der Waals surface area (Å²) in [4.78, 5) is 9.21. The van der Waals surface area contributed by atoms with Crippen LogP contribution in [0.2, 0.25) is 0 Å². The minimum absolute atomic E-state index is 0.174. The normalized spacial score (nSPS) is 17.5. The number of nitrogens with zero attached hydrogens (tertiary/aromatic N) is 3. The molecule has 0 radical (unpaired) electrons. The van der Waals surface area contributed by atoms with Crippen molar-refractivity contribution in [2.24, 2.45) is 5.92 Å². The summed E-state index contributed by atoms with van der Waals surface area (Å²) >= 11 is 0. The smallest absolute Gasteiger partial charge is 0.146 e. The summed E-state index contributed by atoms with van der Waals surface area (Å²) in [6.07, 6.45) is 9.56. The third-order valence-electron chi connectivity index (χ3n) is 7.48. The van der Waals surface area contributed by atoms with E-state index in [9.17, 15) is 4.39 Å². The van der Waals surface area contributed by atoms with E-state index in [1.165, 1.54) is 48.1 Å². The van der Waals surface area contributed by atoms with Crippen LogP contribution in [0.4, 0.5) is 10.2 Å². The van der Waals surface area contributed by atoms with Crippen LogP contribution in [0.3, 0.4) is 0 Å². The van der Waals surface area contributed by atoms with Crippen LogP contribution in [0.25, 0.3) is 22.2 Å². The van der Waals surface area contributed by atoms with Crippen LogP contribution in [0.1, 0.15) is 37.3 Å².